The molecule has 0 aliphatic carbocycles. The van der Waals surface area contributed by atoms with E-state index in [1.165, 1.54) is 4.57 Å². The molecule has 0 radical (unpaired) electrons. The number of nitrogen functional groups attached to an aromatic ring is 1. The number of carbonyl (C=O) groups is 2. The Morgan fingerprint density at radius 3 is 2.61 bits per heavy atom. The van der Waals surface area contributed by atoms with Crippen molar-refractivity contribution < 1.29 is 9.59 Å². The zero-order valence-electron chi connectivity index (χ0n) is 12.8. The third kappa shape index (κ3) is 2.68. The maximum Gasteiger partial charge on any atom is 0.262 e. The summed E-state index contributed by atoms with van der Waals surface area (Å²) < 4.78 is 1.36. The summed E-state index contributed by atoms with van der Waals surface area (Å²) in [6, 6.07) is 2.68. The van der Waals surface area contributed by atoms with Crippen LogP contribution in [0.3, 0.4) is 0 Å². The smallest absolute Gasteiger partial charge is 0.262 e. The number of imide groups is 1. The summed E-state index contributed by atoms with van der Waals surface area (Å²) in [6.07, 6.45) is 0.496. The number of anilines is 1. The van der Waals surface area contributed by atoms with Crippen molar-refractivity contribution in [2.75, 3.05) is 5.73 Å². The highest BCUT2D eigenvalue weighted by Crippen LogP contribution is 2.23. The van der Waals surface area contributed by atoms with Gasteiger partial charge in [0.05, 0.1) is 10.9 Å². The van der Waals surface area contributed by atoms with Gasteiger partial charge in [-0.2, -0.15) is 0 Å². The van der Waals surface area contributed by atoms with Crippen LogP contribution in [0, 0.1) is 13.8 Å². The number of nitrogens with zero attached hydrogens (tertiary/aromatic N) is 2. The molecule has 1 aromatic heterocycles. The molecular weight excluding hydrogens is 320 g/mol. The van der Waals surface area contributed by atoms with Crippen molar-refractivity contribution in [3.05, 3.63) is 33.9 Å². The number of carbonyl (C=O) groups excluding carboxylic acids is 2. The summed E-state index contributed by atoms with van der Waals surface area (Å²) in [4.78, 5) is 40.6. The van der Waals surface area contributed by atoms with Crippen molar-refractivity contribution in [2.24, 2.45) is 0 Å². The first-order valence-electron chi connectivity index (χ1n) is 7.01. The maximum atomic E-state index is 12.9. The maximum absolute atomic E-state index is 12.9. The normalized spacial score (nSPS) is 17.7. The van der Waals surface area contributed by atoms with Crippen LogP contribution >= 0.6 is 12.4 Å². The number of piperidine rings is 1. The number of nitrogens with two attached hydrogens (primary N) is 1. The van der Waals surface area contributed by atoms with Gasteiger partial charge in [-0.1, -0.05) is 0 Å². The van der Waals surface area contributed by atoms with Gasteiger partial charge in [0.1, 0.15) is 11.9 Å². The van der Waals surface area contributed by atoms with Gasteiger partial charge in [0.2, 0.25) is 11.8 Å². The number of nitrogens with one attached hydrogen (secondary N) is 1. The number of fused-ring (bicyclic) bond motifs is 1. The second-order valence-electron chi connectivity index (χ2n) is 5.47. The first kappa shape index (κ1) is 17.0. The highest BCUT2D eigenvalue weighted by atomic mass is 35.5. The quantitative estimate of drug-likeness (QED) is 0.596. The molecule has 1 aliphatic rings. The van der Waals surface area contributed by atoms with Crippen molar-refractivity contribution in [1.29, 1.82) is 0 Å². The van der Waals surface area contributed by atoms with E-state index in [2.05, 4.69) is 10.3 Å². The molecule has 2 amide bonds. The number of amides is 2. The standard InChI is InChI=1S/C15H16N4O3.ClH/c1-7-9(16)3-4-10-13(7)15(22)19(8(2)17-10)11-5-6-12(20)18-14(11)21;/h3-4,11H,5-6,16H2,1-2H3,(H,18,20,21);1H. The molecule has 3 N–H and O–H groups in total. The minimum Gasteiger partial charge on any atom is -0.398 e. The SMILES string of the molecule is Cc1c(N)ccc2nc(C)n(C3CCC(=O)NC3=O)c(=O)c12.Cl. The molecule has 0 bridgehead atoms. The van der Waals surface area contributed by atoms with Gasteiger partial charge in [0, 0.05) is 12.1 Å². The lowest BCUT2D eigenvalue weighted by Crippen LogP contribution is -2.45. The third-order valence-electron chi connectivity index (χ3n) is 4.07. The van der Waals surface area contributed by atoms with Crippen molar-refractivity contribution >= 4 is 40.8 Å². The van der Waals surface area contributed by atoms with Gasteiger partial charge in [-0.25, -0.2) is 4.98 Å². The Hall–Kier alpha value is -2.41. The molecule has 0 saturated carbocycles. The third-order valence-corrected chi connectivity index (χ3v) is 4.07. The Balaban J connectivity index is 0.00000192. The molecule has 1 aromatic carbocycles. The molecule has 7 nitrogen and oxygen atoms in total. The van der Waals surface area contributed by atoms with Crippen LogP contribution in [0.1, 0.15) is 30.3 Å². The van der Waals surface area contributed by atoms with Gasteiger partial charge in [-0.15, -0.1) is 12.4 Å². The number of benzene rings is 1. The molecule has 2 heterocycles. The zero-order chi connectivity index (χ0) is 16.0. The monoisotopic (exact) mass is 336 g/mol. The fraction of sp³-hybridized carbons (Fsp3) is 0.333. The van der Waals surface area contributed by atoms with Crippen LogP contribution in [0.15, 0.2) is 16.9 Å². The van der Waals surface area contributed by atoms with Gasteiger partial charge in [0.25, 0.3) is 5.56 Å². The highest BCUT2D eigenvalue weighted by molar-refractivity contribution is 5.99. The van der Waals surface area contributed by atoms with E-state index in [1.54, 1.807) is 26.0 Å². The Kier molecular flexibility index (Phi) is 4.42. The predicted molar refractivity (Wildman–Crippen MR) is 88.6 cm³/mol. The summed E-state index contributed by atoms with van der Waals surface area (Å²) in [5, 5.41) is 2.68. The number of hydrogen-bond acceptors (Lipinski definition) is 5. The molecule has 8 heteroatoms. The Labute approximate surface area is 138 Å². The zero-order valence-corrected chi connectivity index (χ0v) is 13.6. The average molecular weight is 337 g/mol. The minimum atomic E-state index is -0.720. The molecule has 1 unspecified atom stereocenters. The number of halogens is 1. The van der Waals surface area contributed by atoms with Crippen LogP contribution in [0.2, 0.25) is 0 Å². The lowest BCUT2D eigenvalue weighted by atomic mass is 10.0. The van der Waals surface area contributed by atoms with E-state index in [1.807, 2.05) is 0 Å². The van der Waals surface area contributed by atoms with Crippen LogP contribution in [0.5, 0.6) is 0 Å². The van der Waals surface area contributed by atoms with E-state index < -0.39 is 11.9 Å². The average Bonchev–Trinajstić information content (AvgIpc) is 2.45. The molecule has 1 saturated heterocycles. The van der Waals surface area contributed by atoms with Crippen molar-refractivity contribution in [2.45, 2.75) is 32.7 Å². The van der Waals surface area contributed by atoms with Crippen molar-refractivity contribution in [3.63, 3.8) is 0 Å². The van der Waals surface area contributed by atoms with E-state index in [0.29, 0.717) is 34.4 Å². The summed E-state index contributed by atoms with van der Waals surface area (Å²) in [5.41, 5.74) is 7.27. The van der Waals surface area contributed by atoms with Gasteiger partial charge in [-0.3, -0.25) is 24.3 Å². The first-order valence-corrected chi connectivity index (χ1v) is 7.01. The lowest BCUT2D eigenvalue weighted by Gasteiger charge is -2.24. The molecule has 2 aromatic rings. The van der Waals surface area contributed by atoms with E-state index >= 15 is 0 Å². The Bertz CT molecular complexity index is 875. The molecule has 23 heavy (non-hydrogen) atoms. The molecule has 122 valence electrons. The molecular formula is C15H17ClN4O3. The highest BCUT2D eigenvalue weighted by Gasteiger charge is 2.30. The van der Waals surface area contributed by atoms with Gasteiger partial charge in [0.15, 0.2) is 0 Å². The van der Waals surface area contributed by atoms with E-state index in [9.17, 15) is 14.4 Å². The number of aryl methyl sites for hydroxylation is 2. The molecule has 3 rings (SSSR count). The largest absolute Gasteiger partial charge is 0.398 e. The summed E-state index contributed by atoms with van der Waals surface area (Å²) >= 11 is 0. The minimum absolute atomic E-state index is 0. The fourth-order valence-corrected chi connectivity index (χ4v) is 2.87. The Morgan fingerprint density at radius 1 is 1.26 bits per heavy atom. The lowest BCUT2D eigenvalue weighted by molar-refractivity contribution is -0.135. The summed E-state index contributed by atoms with van der Waals surface area (Å²) in [5.74, 6) is -0.346. The molecule has 1 fully saturated rings. The van der Waals surface area contributed by atoms with Crippen LogP contribution < -0.4 is 16.6 Å². The number of hydrogen-bond donors (Lipinski definition) is 2. The van der Waals surface area contributed by atoms with Gasteiger partial charge < -0.3 is 5.73 Å². The number of rotatable bonds is 1. The van der Waals surface area contributed by atoms with Gasteiger partial charge >= 0.3 is 0 Å². The second-order valence-corrected chi connectivity index (χ2v) is 5.47. The van der Waals surface area contributed by atoms with Crippen molar-refractivity contribution in [1.82, 2.24) is 14.9 Å². The summed E-state index contributed by atoms with van der Waals surface area (Å²) in [6.45, 7) is 3.43. The van der Waals surface area contributed by atoms with Crippen LogP contribution in [-0.2, 0) is 9.59 Å². The first-order chi connectivity index (χ1) is 10.4. The molecule has 1 aliphatic heterocycles. The van der Waals surface area contributed by atoms with Crippen LogP contribution in [0.4, 0.5) is 5.69 Å². The molecule has 1 atom stereocenters. The van der Waals surface area contributed by atoms with Gasteiger partial charge in [-0.05, 0) is 38.0 Å². The van der Waals surface area contributed by atoms with Crippen LogP contribution in [0.25, 0.3) is 10.9 Å². The van der Waals surface area contributed by atoms with E-state index in [4.69, 9.17) is 5.73 Å². The van der Waals surface area contributed by atoms with E-state index in [-0.39, 0.29) is 30.3 Å². The second kappa shape index (κ2) is 6.00. The molecule has 0 spiro atoms. The fourth-order valence-electron chi connectivity index (χ4n) is 2.87. The Morgan fingerprint density at radius 2 is 1.96 bits per heavy atom. The van der Waals surface area contributed by atoms with E-state index in [0.717, 1.165) is 0 Å². The van der Waals surface area contributed by atoms with Crippen molar-refractivity contribution in [3.8, 4) is 0 Å². The number of aromatic nitrogens is 2. The van der Waals surface area contributed by atoms with Crippen LogP contribution in [-0.4, -0.2) is 21.4 Å². The predicted octanol–water partition coefficient (Wildman–Crippen LogP) is 0.995. The topological polar surface area (TPSA) is 107 Å². The summed E-state index contributed by atoms with van der Waals surface area (Å²) in [7, 11) is 0.